The Balaban J connectivity index is 0.00000363. The van der Waals surface area contributed by atoms with Crippen molar-refractivity contribution in [1.82, 2.24) is 20.4 Å². The maximum Gasteiger partial charge on any atom is 0.225 e. The Kier molecular flexibility index (Phi) is 11.2. The molecule has 2 N–H and O–H groups in total. The Bertz CT molecular complexity index is 718. The summed E-state index contributed by atoms with van der Waals surface area (Å²) in [5.41, 5.74) is 1.34. The zero-order valence-corrected chi connectivity index (χ0v) is 22.5. The van der Waals surface area contributed by atoms with Gasteiger partial charge in [-0.15, -0.1) is 24.0 Å². The van der Waals surface area contributed by atoms with Gasteiger partial charge >= 0.3 is 0 Å². The number of carbonyl (C=O) groups is 1. The Morgan fingerprint density at radius 3 is 2.44 bits per heavy atom. The fraction of sp³-hybridized carbons (Fsp3) is 0.680. The summed E-state index contributed by atoms with van der Waals surface area (Å²) in [6.07, 6.45) is 3.48. The molecule has 180 valence electrons. The van der Waals surface area contributed by atoms with Gasteiger partial charge in [-0.05, 0) is 50.8 Å². The first-order valence-corrected chi connectivity index (χ1v) is 12.1. The molecule has 1 aromatic rings. The average Bonchev–Trinajstić information content (AvgIpc) is 3.23. The van der Waals surface area contributed by atoms with Crippen molar-refractivity contribution >= 4 is 35.8 Å². The van der Waals surface area contributed by atoms with Crippen molar-refractivity contribution in [2.24, 2.45) is 16.8 Å². The number of hydrogen-bond acceptors (Lipinski definition) is 3. The number of hydrogen-bond donors (Lipinski definition) is 2. The maximum absolute atomic E-state index is 12.3. The second-order valence-corrected chi connectivity index (χ2v) is 9.43. The van der Waals surface area contributed by atoms with Crippen LogP contribution < -0.4 is 10.6 Å². The number of amides is 1. The van der Waals surface area contributed by atoms with Crippen molar-refractivity contribution in [3.8, 4) is 0 Å². The van der Waals surface area contributed by atoms with Crippen LogP contribution in [0, 0.1) is 11.8 Å². The minimum atomic E-state index is 0. The summed E-state index contributed by atoms with van der Waals surface area (Å²) in [4.78, 5) is 21.9. The van der Waals surface area contributed by atoms with E-state index >= 15 is 0 Å². The standard InChI is InChI=1S/C25H41N5O.HI/c1-5-26-25(28-22-13-16-30(18-22)24(31)19(2)3)27-17-23(21-9-7-6-8-10-21)29-14-11-20(4)12-15-29;/h6-10,19-20,22-23H,5,11-18H2,1-4H3,(H2,26,27,28);1H. The number of rotatable bonds is 7. The summed E-state index contributed by atoms with van der Waals surface area (Å²) in [5.74, 6) is 1.97. The van der Waals surface area contributed by atoms with Crippen molar-refractivity contribution in [2.45, 2.75) is 59.0 Å². The third-order valence-electron chi connectivity index (χ3n) is 6.54. The zero-order valence-electron chi connectivity index (χ0n) is 20.2. The molecule has 2 aliphatic rings. The molecule has 0 radical (unpaired) electrons. The highest BCUT2D eigenvalue weighted by molar-refractivity contribution is 14.0. The number of piperidine rings is 1. The quantitative estimate of drug-likeness (QED) is 0.305. The molecule has 2 saturated heterocycles. The Morgan fingerprint density at radius 1 is 1.12 bits per heavy atom. The van der Waals surface area contributed by atoms with Gasteiger partial charge in [0.2, 0.25) is 5.91 Å². The lowest BCUT2D eigenvalue weighted by molar-refractivity contribution is -0.133. The smallest absolute Gasteiger partial charge is 0.225 e. The van der Waals surface area contributed by atoms with Crippen LogP contribution in [0.25, 0.3) is 0 Å². The van der Waals surface area contributed by atoms with E-state index in [4.69, 9.17) is 4.99 Å². The van der Waals surface area contributed by atoms with Gasteiger partial charge in [0.25, 0.3) is 0 Å². The van der Waals surface area contributed by atoms with Gasteiger partial charge in [-0.3, -0.25) is 14.7 Å². The molecular formula is C25H42IN5O. The highest BCUT2D eigenvalue weighted by atomic mass is 127. The van der Waals surface area contributed by atoms with E-state index in [0.29, 0.717) is 6.04 Å². The predicted octanol–water partition coefficient (Wildman–Crippen LogP) is 3.89. The van der Waals surface area contributed by atoms with Crippen LogP contribution in [0.5, 0.6) is 0 Å². The summed E-state index contributed by atoms with van der Waals surface area (Å²) in [5, 5.41) is 6.99. The lowest BCUT2D eigenvalue weighted by Gasteiger charge is -2.36. The predicted molar refractivity (Wildman–Crippen MR) is 144 cm³/mol. The minimum Gasteiger partial charge on any atom is -0.357 e. The molecule has 0 aliphatic carbocycles. The molecule has 0 saturated carbocycles. The molecule has 0 bridgehead atoms. The Labute approximate surface area is 211 Å². The van der Waals surface area contributed by atoms with Gasteiger partial charge < -0.3 is 15.5 Å². The van der Waals surface area contributed by atoms with E-state index in [0.717, 1.165) is 57.6 Å². The summed E-state index contributed by atoms with van der Waals surface area (Å²) in [6.45, 7) is 13.8. The van der Waals surface area contributed by atoms with Crippen LogP contribution in [0.15, 0.2) is 35.3 Å². The van der Waals surface area contributed by atoms with E-state index in [1.54, 1.807) is 0 Å². The molecule has 7 heteroatoms. The van der Waals surface area contributed by atoms with Gasteiger partial charge in [0.1, 0.15) is 0 Å². The van der Waals surface area contributed by atoms with Gasteiger partial charge in [0.05, 0.1) is 12.6 Å². The molecule has 1 amide bonds. The number of nitrogens with zero attached hydrogens (tertiary/aromatic N) is 3. The lowest BCUT2D eigenvalue weighted by atomic mass is 9.96. The van der Waals surface area contributed by atoms with Crippen LogP contribution in [0.2, 0.25) is 0 Å². The largest absolute Gasteiger partial charge is 0.357 e. The molecular weight excluding hydrogens is 513 g/mol. The highest BCUT2D eigenvalue weighted by Gasteiger charge is 2.28. The van der Waals surface area contributed by atoms with E-state index in [9.17, 15) is 4.79 Å². The molecule has 0 spiro atoms. The normalized spacial score (nSPS) is 21.3. The van der Waals surface area contributed by atoms with E-state index < -0.39 is 0 Å². The Hall–Kier alpha value is -1.35. The van der Waals surface area contributed by atoms with Gasteiger partial charge in [-0.25, -0.2) is 0 Å². The maximum atomic E-state index is 12.3. The van der Waals surface area contributed by atoms with Crippen molar-refractivity contribution in [2.75, 3.05) is 39.3 Å². The second kappa shape index (κ2) is 13.4. The van der Waals surface area contributed by atoms with Gasteiger partial charge in [0.15, 0.2) is 5.96 Å². The fourth-order valence-electron chi connectivity index (χ4n) is 4.58. The molecule has 1 aromatic carbocycles. The van der Waals surface area contributed by atoms with Crippen LogP contribution in [0.3, 0.4) is 0 Å². The number of nitrogens with one attached hydrogen (secondary N) is 2. The second-order valence-electron chi connectivity index (χ2n) is 9.43. The molecule has 2 unspecified atom stereocenters. The van der Waals surface area contributed by atoms with Gasteiger partial charge in [-0.1, -0.05) is 51.1 Å². The molecule has 2 heterocycles. The first-order chi connectivity index (χ1) is 15.0. The van der Waals surface area contributed by atoms with Gasteiger partial charge in [-0.2, -0.15) is 0 Å². The van der Waals surface area contributed by atoms with Crippen molar-refractivity contribution in [1.29, 1.82) is 0 Å². The molecule has 2 aliphatic heterocycles. The number of aliphatic imine (C=N–C) groups is 1. The zero-order chi connectivity index (χ0) is 22.2. The number of likely N-dealkylation sites (tertiary alicyclic amines) is 2. The number of carbonyl (C=O) groups excluding carboxylic acids is 1. The van der Waals surface area contributed by atoms with Crippen LogP contribution in [0.1, 0.15) is 58.6 Å². The first kappa shape index (κ1) is 26.9. The summed E-state index contributed by atoms with van der Waals surface area (Å²) < 4.78 is 0. The monoisotopic (exact) mass is 555 g/mol. The number of guanidine groups is 1. The molecule has 6 nitrogen and oxygen atoms in total. The number of benzene rings is 1. The molecule has 0 aromatic heterocycles. The molecule has 2 fully saturated rings. The Morgan fingerprint density at radius 2 is 1.81 bits per heavy atom. The third-order valence-corrected chi connectivity index (χ3v) is 6.54. The van der Waals surface area contributed by atoms with Gasteiger partial charge in [0, 0.05) is 31.6 Å². The van der Waals surface area contributed by atoms with Crippen LogP contribution in [0.4, 0.5) is 0 Å². The van der Waals surface area contributed by atoms with E-state index in [1.807, 2.05) is 18.7 Å². The third kappa shape index (κ3) is 7.61. The van der Waals surface area contributed by atoms with E-state index in [1.165, 1.54) is 18.4 Å². The summed E-state index contributed by atoms with van der Waals surface area (Å²) >= 11 is 0. The van der Waals surface area contributed by atoms with Crippen molar-refractivity contribution in [3.05, 3.63) is 35.9 Å². The highest BCUT2D eigenvalue weighted by Crippen LogP contribution is 2.27. The first-order valence-electron chi connectivity index (χ1n) is 12.1. The van der Waals surface area contributed by atoms with Crippen molar-refractivity contribution in [3.63, 3.8) is 0 Å². The van der Waals surface area contributed by atoms with E-state index in [-0.39, 0.29) is 41.8 Å². The lowest BCUT2D eigenvalue weighted by Crippen LogP contribution is -2.46. The molecule has 32 heavy (non-hydrogen) atoms. The van der Waals surface area contributed by atoms with Crippen LogP contribution >= 0.6 is 24.0 Å². The molecule has 3 rings (SSSR count). The van der Waals surface area contributed by atoms with Crippen LogP contribution in [-0.2, 0) is 4.79 Å². The van der Waals surface area contributed by atoms with Crippen LogP contribution in [-0.4, -0.2) is 67.0 Å². The average molecular weight is 556 g/mol. The fourth-order valence-corrected chi connectivity index (χ4v) is 4.58. The SMILES string of the molecule is CCNC(=NCC(c1ccccc1)N1CCC(C)CC1)NC1CCN(C(=O)C(C)C)C1.I. The topological polar surface area (TPSA) is 60.0 Å². The molecule has 2 atom stereocenters. The van der Waals surface area contributed by atoms with Crippen molar-refractivity contribution < 1.29 is 4.79 Å². The number of halogens is 1. The summed E-state index contributed by atoms with van der Waals surface area (Å²) in [7, 11) is 0. The summed E-state index contributed by atoms with van der Waals surface area (Å²) in [6, 6.07) is 11.3. The minimum absolute atomic E-state index is 0. The van der Waals surface area contributed by atoms with E-state index in [2.05, 4.69) is 59.7 Å².